The number of aryl methyl sites for hydroxylation is 1. The highest BCUT2D eigenvalue weighted by atomic mass is 35.5. The molecule has 0 N–H and O–H groups in total. The van der Waals surface area contributed by atoms with Crippen LogP contribution in [0.25, 0.3) is 0 Å². The summed E-state index contributed by atoms with van der Waals surface area (Å²) in [6.45, 7) is 9.60. The van der Waals surface area contributed by atoms with Crippen LogP contribution in [0.4, 0.5) is 0 Å². The van der Waals surface area contributed by atoms with Gasteiger partial charge in [-0.15, -0.1) is 0 Å². The number of oxime groups is 1. The smallest absolute Gasteiger partial charge is 0.141 e. The fourth-order valence-electron chi connectivity index (χ4n) is 2.04. The maximum Gasteiger partial charge on any atom is 0.141 e. The van der Waals surface area contributed by atoms with E-state index in [1.165, 1.54) is 0 Å². The number of ether oxygens (including phenoxy) is 2. The minimum Gasteiger partial charge on any atom is -0.492 e. The maximum atomic E-state index is 6.31. The van der Waals surface area contributed by atoms with Gasteiger partial charge in [-0.1, -0.05) is 53.8 Å². The summed E-state index contributed by atoms with van der Waals surface area (Å²) < 4.78 is 11.5. The van der Waals surface area contributed by atoms with Crippen molar-refractivity contribution in [1.29, 1.82) is 0 Å². The minimum atomic E-state index is 0.171. The summed E-state index contributed by atoms with van der Waals surface area (Å²) in [5.41, 5.74) is 1.93. The second-order valence-corrected chi connectivity index (χ2v) is 7.90. The van der Waals surface area contributed by atoms with Gasteiger partial charge in [0, 0.05) is 6.07 Å². The van der Waals surface area contributed by atoms with Gasteiger partial charge in [0.05, 0.1) is 17.3 Å². The Bertz CT molecular complexity index is 618. The molecule has 1 rings (SSSR count). The predicted octanol–water partition coefficient (Wildman–Crippen LogP) is 6.94. The second-order valence-electron chi connectivity index (χ2n) is 6.49. The molecule has 0 spiro atoms. The molecule has 0 bridgehead atoms. The first-order chi connectivity index (χ1) is 12.8. The van der Waals surface area contributed by atoms with Crippen molar-refractivity contribution in [2.75, 3.05) is 19.8 Å². The van der Waals surface area contributed by atoms with E-state index in [9.17, 15) is 0 Å². The number of hydrogen-bond acceptors (Lipinski definition) is 4. The molecule has 0 aliphatic rings. The fraction of sp³-hybridized carbons (Fsp3) is 0.550. The summed E-state index contributed by atoms with van der Waals surface area (Å²) in [6.07, 6.45) is 4.42. The summed E-state index contributed by atoms with van der Waals surface area (Å²) in [5.74, 6) is 1.74. The summed E-state index contributed by atoms with van der Waals surface area (Å²) in [7, 11) is 0. The molecule has 0 aromatic heterocycles. The maximum absolute atomic E-state index is 6.31. The van der Waals surface area contributed by atoms with Crippen LogP contribution in [0, 0.1) is 12.8 Å². The van der Waals surface area contributed by atoms with Gasteiger partial charge in [0.25, 0.3) is 0 Å². The van der Waals surface area contributed by atoms with E-state index in [0.29, 0.717) is 35.7 Å². The van der Waals surface area contributed by atoms with E-state index in [2.05, 4.69) is 19.0 Å². The van der Waals surface area contributed by atoms with Gasteiger partial charge in [0.2, 0.25) is 0 Å². The van der Waals surface area contributed by atoms with Crippen LogP contribution in [0.1, 0.15) is 45.6 Å². The van der Waals surface area contributed by atoms with Crippen LogP contribution in [-0.2, 0) is 4.84 Å². The summed E-state index contributed by atoms with van der Waals surface area (Å²) in [6, 6.07) is 3.60. The molecule has 7 heteroatoms. The summed E-state index contributed by atoms with van der Waals surface area (Å²) in [5, 5.41) is 4.61. The Morgan fingerprint density at radius 1 is 1.11 bits per heavy atom. The molecular formula is C20H28Cl3NO3. The van der Waals surface area contributed by atoms with E-state index < -0.39 is 0 Å². The molecule has 0 unspecified atom stereocenters. The van der Waals surface area contributed by atoms with E-state index >= 15 is 0 Å². The van der Waals surface area contributed by atoms with Crippen LogP contribution < -0.4 is 9.47 Å². The van der Waals surface area contributed by atoms with Gasteiger partial charge in [-0.3, -0.25) is 0 Å². The highest BCUT2D eigenvalue weighted by molar-refractivity contribution is 6.55. The lowest BCUT2D eigenvalue weighted by Crippen LogP contribution is -2.04. The normalized spacial score (nSPS) is 11.5. The zero-order valence-electron chi connectivity index (χ0n) is 16.4. The van der Waals surface area contributed by atoms with Crippen molar-refractivity contribution in [2.45, 2.75) is 47.0 Å². The van der Waals surface area contributed by atoms with E-state index in [0.717, 1.165) is 30.5 Å². The lowest BCUT2D eigenvalue weighted by molar-refractivity contribution is 0.137. The standard InChI is InChI=1S/C20H28Cl3NO3/c1-14(2)16(4)24-27-10-7-5-6-9-26-20-15(3)12-17(13-18(20)21)25-11-8-19(22)23/h8,12-14H,5-7,9-11H2,1-4H3/b24-16+. The molecule has 27 heavy (non-hydrogen) atoms. The molecule has 4 nitrogen and oxygen atoms in total. The van der Waals surface area contributed by atoms with Crippen LogP contribution in [-0.4, -0.2) is 25.5 Å². The van der Waals surface area contributed by atoms with Crippen molar-refractivity contribution in [3.8, 4) is 11.5 Å². The van der Waals surface area contributed by atoms with Crippen LogP contribution >= 0.6 is 34.8 Å². The fourth-order valence-corrected chi connectivity index (χ4v) is 2.48. The summed E-state index contributed by atoms with van der Waals surface area (Å²) in [4.78, 5) is 5.31. The monoisotopic (exact) mass is 435 g/mol. The van der Waals surface area contributed by atoms with Gasteiger partial charge in [-0.2, -0.15) is 0 Å². The molecular weight excluding hydrogens is 409 g/mol. The van der Waals surface area contributed by atoms with Crippen LogP contribution in [0.2, 0.25) is 5.02 Å². The molecule has 1 aromatic rings. The van der Waals surface area contributed by atoms with Gasteiger partial charge in [-0.25, -0.2) is 0 Å². The third-order valence-electron chi connectivity index (χ3n) is 3.86. The third kappa shape index (κ3) is 10.1. The first kappa shape index (κ1) is 23.9. The molecule has 0 aliphatic carbocycles. The third-order valence-corrected chi connectivity index (χ3v) is 4.45. The Morgan fingerprint density at radius 3 is 2.44 bits per heavy atom. The zero-order chi connectivity index (χ0) is 20.2. The van der Waals surface area contributed by atoms with Gasteiger partial charge in [0.1, 0.15) is 29.2 Å². The number of nitrogens with zero attached hydrogens (tertiary/aromatic N) is 1. The quantitative estimate of drug-likeness (QED) is 0.202. The summed E-state index contributed by atoms with van der Waals surface area (Å²) >= 11 is 17.4. The average molecular weight is 437 g/mol. The highest BCUT2D eigenvalue weighted by Crippen LogP contribution is 2.33. The SMILES string of the molecule is C/C(=N\OCCCCCOc1c(C)cc(OCC=C(Cl)Cl)cc1Cl)C(C)C. The van der Waals surface area contributed by atoms with Crippen molar-refractivity contribution >= 4 is 40.5 Å². The zero-order valence-corrected chi connectivity index (χ0v) is 18.6. The predicted molar refractivity (Wildman–Crippen MR) is 115 cm³/mol. The van der Waals surface area contributed by atoms with Crippen molar-refractivity contribution in [2.24, 2.45) is 11.1 Å². The lowest BCUT2D eigenvalue weighted by Gasteiger charge is -2.13. The topological polar surface area (TPSA) is 40.0 Å². The number of halogens is 3. The molecule has 0 radical (unpaired) electrons. The largest absolute Gasteiger partial charge is 0.492 e. The van der Waals surface area contributed by atoms with Gasteiger partial charge >= 0.3 is 0 Å². The van der Waals surface area contributed by atoms with Gasteiger partial charge < -0.3 is 14.3 Å². The first-order valence-electron chi connectivity index (χ1n) is 9.04. The molecule has 1 aromatic carbocycles. The van der Waals surface area contributed by atoms with Crippen LogP contribution in [0.3, 0.4) is 0 Å². The number of benzene rings is 1. The van der Waals surface area contributed by atoms with Crippen LogP contribution in [0.5, 0.6) is 11.5 Å². The van der Waals surface area contributed by atoms with Gasteiger partial charge in [0.15, 0.2) is 0 Å². The van der Waals surface area contributed by atoms with Gasteiger partial charge in [-0.05, 0) is 56.7 Å². The molecule has 0 amide bonds. The molecule has 0 heterocycles. The Morgan fingerprint density at radius 2 is 1.81 bits per heavy atom. The van der Waals surface area contributed by atoms with E-state index in [1.54, 1.807) is 12.1 Å². The first-order valence-corrected chi connectivity index (χ1v) is 10.2. The molecule has 0 atom stereocenters. The van der Waals surface area contributed by atoms with Crippen molar-refractivity contribution < 1.29 is 14.3 Å². The molecule has 0 saturated carbocycles. The average Bonchev–Trinajstić information content (AvgIpc) is 2.58. The van der Waals surface area contributed by atoms with E-state index in [-0.39, 0.29) is 11.1 Å². The number of unbranched alkanes of at least 4 members (excludes halogenated alkanes) is 2. The molecule has 0 saturated heterocycles. The van der Waals surface area contributed by atoms with Crippen molar-refractivity contribution in [1.82, 2.24) is 0 Å². The lowest BCUT2D eigenvalue weighted by atomic mass is 10.1. The van der Waals surface area contributed by atoms with Crippen molar-refractivity contribution in [3.63, 3.8) is 0 Å². The van der Waals surface area contributed by atoms with E-state index in [1.807, 2.05) is 19.9 Å². The number of hydrogen-bond donors (Lipinski definition) is 0. The highest BCUT2D eigenvalue weighted by Gasteiger charge is 2.09. The molecule has 152 valence electrons. The van der Waals surface area contributed by atoms with E-state index in [4.69, 9.17) is 49.1 Å². The number of rotatable bonds is 12. The van der Waals surface area contributed by atoms with Crippen molar-refractivity contribution in [3.05, 3.63) is 33.3 Å². The molecule has 0 aliphatic heterocycles. The Kier molecular flexibility index (Phi) is 11.7. The van der Waals surface area contributed by atoms with Crippen LogP contribution in [0.15, 0.2) is 27.9 Å². The second kappa shape index (κ2) is 13.1. The Balaban J connectivity index is 2.32. The minimum absolute atomic E-state index is 0.171. The Labute approximate surface area is 177 Å². The Hall–Kier alpha value is -1.10. The molecule has 0 fully saturated rings.